The van der Waals surface area contributed by atoms with Gasteiger partial charge in [0.25, 0.3) is 0 Å². The lowest BCUT2D eigenvalue weighted by molar-refractivity contribution is 0.206. The van der Waals surface area contributed by atoms with Gasteiger partial charge in [-0.15, -0.1) is 0 Å². The monoisotopic (exact) mass is 374 g/mol. The highest BCUT2D eigenvalue weighted by Gasteiger charge is 2.60. The number of hydrogen-bond acceptors (Lipinski definition) is 6. The third-order valence-electron chi connectivity index (χ3n) is 4.85. The lowest BCUT2D eigenvalue weighted by atomic mass is 9.54. The Morgan fingerprint density at radius 1 is 0.714 bits per heavy atom. The van der Waals surface area contributed by atoms with Crippen LogP contribution in [0, 0.1) is 22.7 Å². The van der Waals surface area contributed by atoms with E-state index in [-0.39, 0.29) is 0 Å². The first-order valence-corrected chi connectivity index (χ1v) is 8.65. The van der Waals surface area contributed by atoms with E-state index in [1.165, 1.54) is 14.2 Å². The fourth-order valence-electron chi connectivity index (χ4n) is 3.64. The van der Waals surface area contributed by atoms with Gasteiger partial charge < -0.3 is 9.68 Å². The molecule has 6 nitrogen and oxygen atoms in total. The molecule has 0 fully saturated rings. The van der Waals surface area contributed by atoms with Crippen LogP contribution in [-0.2, 0) is 20.5 Å². The normalized spacial score (nSPS) is 16.1. The second kappa shape index (κ2) is 8.83. The molecule has 142 valence electrons. The maximum Gasteiger partial charge on any atom is 0.151 e. The highest BCUT2D eigenvalue weighted by Crippen LogP contribution is 2.46. The molecule has 2 atom stereocenters. The third kappa shape index (κ3) is 3.10. The molecule has 0 aliphatic rings. The van der Waals surface area contributed by atoms with Crippen molar-refractivity contribution in [1.29, 1.82) is 10.5 Å². The summed E-state index contributed by atoms with van der Waals surface area (Å²) in [6, 6.07) is 22.9. The molecule has 28 heavy (non-hydrogen) atoms. The molecule has 2 aromatic carbocycles. The maximum atomic E-state index is 10.5. The van der Waals surface area contributed by atoms with Gasteiger partial charge in [-0.25, -0.2) is 0 Å². The first-order valence-electron chi connectivity index (χ1n) is 8.65. The molecular formula is C22H22N4O2. The molecule has 6 heteroatoms. The Labute approximate surface area is 165 Å². The van der Waals surface area contributed by atoms with Crippen molar-refractivity contribution in [3.63, 3.8) is 0 Å². The van der Waals surface area contributed by atoms with Crippen molar-refractivity contribution in [2.45, 2.75) is 24.7 Å². The zero-order valence-corrected chi connectivity index (χ0v) is 16.4. The van der Waals surface area contributed by atoms with Crippen LogP contribution in [0.15, 0.2) is 71.0 Å². The Kier molecular flexibility index (Phi) is 6.52. The first-order chi connectivity index (χ1) is 13.5. The van der Waals surface area contributed by atoms with Crippen LogP contribution in [0.5, 0.6) is 0 Å². The molecule has 0 saturated carbocycles. The van der Waals surface area contributed by atoms with Gasteiger partial charge in [-0.2, -0.15) is 10.5 Å². The van der Waals surface area contributed by atoms with Crippen molar-refractivity contribution < 1.29 is 9.68 Å². The van der Waals surface area contributed by atoms with Gasteiger partial charge in [-0.05, 0) is 25.0 Å². The molecule has 2 aromatic rings. The van der Waals surface area contributed by atoms with Gasteiger partial charge in [0, 0.05) is 0 Å². The molecule has 0 N–H and O–H groups in total. The SMILES string of the molecule is CO/N=C(\C)[C@](C#N)(c1ccccc1)[C@](C#N)(/C(C)=N/OC)c1ccccc1. The van der Waals surface area contributed by atoms with Crippen LogP contribution in [0.3, 0.4) is 0 Å². The molecule has 0 saturated heterocycles. The molecule has 0 aromatic heterocycles. The summed E-state index contributed by atoms with van der Waals surface area (Å²) in [6.45, 7) is 3.35. The van der Waals surface area contributed by atoms with Crippen molar-refractivity contribution in [2.24, 2.45) is 10.3 Å². The topological polar surface area (TPSA) is 90.8 Å². The molecular weight excluding hydrogens is 352 g/mol. The predicted molar refractivity (Wildman–Crippen MR) is 108 cm³/mol. The van der Waals surface area contributed by atoms with Gasteiger partial charge in [0.15, 0.2) is 10.8 Å². The van der Waals surface area contributed by atoms with Crippen LogP contribution in [0.25, 0.3) is 0 Å². The van der Waals surface area contributed by atoms with Crippen molar-refractivity contribution in [1.82, 2.24) is 0 Å². The number of hydrogen-bond donors (Lipinski definition) is 0. The van der Waals surface area contributed by atoms with Gasteiger partial charge in [0.05, 0.1) is 23.6 Å². The molecule has 2 rings (SSSR count). The Bertz CT molecular complexity index is 862. The highest BCUT2D eigenvalue weighted by atomic mass is 16.6. The van der Waals surface area contributed by atoms with E-state index in [2.05, 4.69) is 22.4 Å². The van der Waals surface area contributed by atoms with Gasteiger partial charge in [0.2, 0.25) is 0 Å². The van der Waals surface area contributed by atoms with Crippen molar-refractivity contribution in [2.75, 3.05) is 14.2 Å². The number of nitriles is 2. The summed E-state index contributed by atoms with van der Waals surface area (Å²) in [5, 5.41) is 29.2. The summed E-state index contributed by atoms with van der Waals surface area (Å²) in [7, 11) is 2.81. The molecule has 0 heterocycles. The minimum absolute atomic E-state index is 0.333. The van der Waals surface area contributed by atoms with Crippen molar-refractivity contribution >= 4 is 11.4 Å². The van der Waals surface area contributed by atoms with E-state index in [4.69, 9.17) is 9.68 Å². The second-order valence-electron chi connectivity index (χ2n) is 6.17. The molecule has 0 spiro atoms. The summed E-state index contributed by atoms with van der Waals surface area (Å²) >= 11 is 0. The fourth-order valence-corrected chi connectivity index (χ4v) is 3.64. The summed E-state index contributed by atoms with van der Waals surface area (Å²) in [6.07, 6.45) is 0. The summed E-state index contributed by atoms with van der Waals surface area (Å²) < 4.78 is 0. The number of oxime groups is 2. The zero-order valence-electron chi connectivity index (χ0n) is 16.4. The minimum Gasteiger partial charge on any atom is -0.399 e. The fraction of sp³-hybridized carbons (Fsp3) is 0.273. The smallest absolute Gasteiger partial charge is 0.151 e. The summed E-state index contributed by atoms with van der Waals surface area (Å²) in [4.78, 5) is 10.0. The highest BCUT2D eigenvalue weighted by molar-refractivity contribution is 6.09. The largest absolute Gasteiger partial charge is 0.399 e. The van der Waals surface area contributed by atoms with Gasteiger partial charge >= 0.3 is 0 Å². The number of benzene rings is 2. The third-order valence-corrected chi connectivity index (χ3v) is 4.85. The Morgan fingerprint density at radius 2 is 1.04 bits per heavy atom. The molecule has 0 aliphatic heterocycles. The number of rotatable bonds is 7. The Morgan fingerprint density at radius 3 is 1.29 bits per heavy atom. The van der Waals surface area contributed by atoms with Crippen LogP contribution >= 0.6 is 0 Å². The van der Waals surface area contributed by atoms with Crippen LogP contribution in [-0.4, -0.2) is 25.6 Å². The molecule has 0 bridgehead atoms. The predicted octanol–water partition coefficient (Wildman–Crippen LogP) is 3.95. The van der Waals surface area contributed by atoms with Crippen molar-refractivity contribution in [3.8, 4) is 12.1 Å². The standard InChI is InChI=1S/C22H22N4O2/c1-17(25-27-3)21(15-23,19-11-7-5-8-12-19)22(16-24,18(2)26-28-4)20-13-9-6-10-14-20/h5-14H,1-4H3/b25-17+,26-18+/t21-,22-/m1/s1. The van der Waals surface area contributed by atoms with Crippen LogP contribution in [0.1, 0.15) is 25.0 Å². The van der Waals surface area contributed by atoms with E-state index in [9.17, 15) is 10.5 Å². The molecule has 0 unspecified atom stereocenters. The minimum atomic E-state index is -1.51. The van der Waals surface area contributed by atoms with Crippen molar-refractivity contribution in [3.05, 3.63) is 71.8 Å². The summed E-state index contributed by atoms with van der Waals surface area (Å²) in [5.74, 6) is 0. The van der Waals surface area contributed by atoms with E-state index in [0.29, 0.717) is 22.6 Å². The number of nitrogens with zero attached hydrogens (tertiary/aromatic N) is 4. The maximum absolute atomic E-state index is 10.5. The van der Waals surface area contributed by atoms with Crippen LogP contribution in [0.4, 0.5) is 0 Å². The average molecular weight is 374 g/mol. The van der Waals surface area contributed by atoms with E-state index in [1.54, 1.807) is 38.1 Å². The van der Waals surface area contributed by atoms with Gasteiger partial charge in [0.1, 0.15) is 14.2 Å². The van der Waals surface area contributed by atoms with E-state index in [1.807, 2.05) is 36.4 Å². The first kappa shape index (κ1) is 20.7. The van der Waals surface area contributed by atoms with Gasteiger partial charge in [-0.1, -0.05) is 71.0 Å². The Hall–Kier alpha value is -3.64. The lowest BCUT2D eigenvalue weighted by Gasteiger charge is -2.41. The van der Waals surface area contributed by atoms with E-state index in [0.717, 1.165) is 0 Å². The second-order valence-corrected chi connectivity index (χ2v) is 6.17. The molecule has 0 aliphatic carbocycles. The van der Waals surface area contributed by atoms with E-state index >= 15 is 0 Å². The zero-order chi connectivity index (χ0) is 20.6. The van der Waals surface area contributed by atoms with E-state index < -0.39 is 10.8 Å². The van der Waals surface area contributed by atoms with Gasteiger partial charge in [-0.3, -0.25) is 0 Å². The van der Waals surface area contributed by atoms with Crippen LogP contribution < -0.4 is 0 Å². The average Bonchev–Trinajstić information content (AvgIpc) is 2.73. The lowest BCUT2D eigenvalue weighted by Crippen LogP contribution is -2.56. The quantitative estimate of drug-likeness (QED) is 0.542. The van der Waals surface area contributed by atoms with Crippen LogP contribution in [0.2, 0.25) is 0 Å². The molecule has 0 radical (unpaired) electrons. The molecule has 0 amide bonds. The Balaban J connectivity index is 3.09. The summed E-state index contributed by atoms with van der Waals surface area (Å²) in [5.41, 5.74) is -1.14.